The quantitative estimate of drug-likeness (QED) is 0.514. The Kier molecular flexibility index (Phi) is 8.95. The highest BCUT2D eigenvalue weighted by molar-refractivity contribution is 5.95. The van der Waals surface area contributed by atoms with Crippen molar-refractivity contribution >= 4 is 24.1 Å². The maximum absolute atomic E-state index is 12.8. The molecule has 172 valence electrons. The lowest BCUT2D eigenvalue weighted by Gasteiger charge is -2.28. The van der Waals surface area contributed by atoms with E-state index in [1.807, 2.05) is 72.7 Å². The molecule has 1 aromatic heterocycles. The number of benzene rings is 1. The third kappa shape index (κ3) is 7.42. The highest BCUT2D eigenvalue weighted by Crippen LogP contribution is 2.39. The monoisotopic (exact) mass is 447 g/mol. The van der Waals surface area contributed by atoms with Crippen molar-refractivity contribution in [3.8, 4) is 5.75 Å². The first-order chi connectivity index (χ1) is 13.8. The summed E-state index contributed by atoms with van der Waals surface area (Å²) in [5.74, 6) is 0.732. The van der Waals surface area contributed by atoms with Crippen molar-refractivity contribution in [2.24, 2.45) is 0 Å². The summed E-state index contributed by atoms with van der Waals surface area (Å²) in [6.07, 6.45) is 2.62. The summed E-state index contributed by atoms with van der Waals surface area (Å²) in [6.45, 7) is 14.9. The zero-order chi connectivity index (χ0) is 22.7. The molecule has 1 heterocycles. The molecular formula is C25H38ClN3O2. The smallest absolute Gasteiger partial charge is 0.251 e. The number of aromatic hydroxyl groups is 1. The van der Waals surface area contributed by atoms with Gasteiger partial charge in [0.1, 0.15) is 11.6 Å². The van der Waals surface area contributed by atoms with Crippen LogP contribution >= 0.6 is 12.4 Å². The molecule has 0 aliphatic heterocycles. The average molecular weight is 448 g/mol. The standard InChI is InChI=1S/C25H37N3O2.ClH/c1-16-12-18(28-21(26)13-16)10-8-9-11-27-23(30)17-14-19(24(2,3)4)22(29)20(15-17)25(5,6)7;/h12-15,29H,8-11H2,1-7H3,(H2,26,28)(H,27,30);1H. The fraction of sp³-hybridized carbons (Fsp3) is 0.520. The molecule has 1 amide bonds. The number of aromatic nitrogens is 1. The van der Waals surface area contributed by atoms with Gasteiger partial charge in [-0.05, 0) is 66.8 Å². The fourth-order valence-corrected chi connectivity index (χ4v) is 3.54. The van der Waals surface area contributed by atoms with Crippen LogP contribution in [0.5, 0.6) is 5.75 Å². The first-order valence-corrected chi connectivity index (χ1v) is 10.7. The van der Waals surface area contributed by atoms with Gasteiger partial charge in [0, 0.05) is 28.9 Å². The number of nitrogens with one attached hydrogen (secondary N) is 1. The number of anilines is 1. The summed E-state index contributed by atoms with van der Waals surface area (Å²) in [6, 6.07) is 7.55. The van der Waals surface area contributed by atoms with Crippen molar-refractivity contribution < 1.29 is 9.90 Å². The fourth-order valence-electron chi connectivity index (χ4n) is 3.54. The van der Waals surface area contributed by atoms with E-state index in [-0.39, 0.29) is 34.9 Å². The molecule has 4 N–H and O–H groups in total. The minimum atomic E-state index is -0.261. The number of pyridine rings is 1. The second-order valence-corrected chi connectivity index (χ2v) is 10.2. The number of hydrogen-bond acceptors (Lipinski definition) is 4. The number of aryl methyl sites for hydroxylation is 2. The first kappa shape index (κ1) is 26.8. The molecule has 6 heteroatoms. The highest BCUT2D eigenvalue weighted by Gasteiger charge is 2.27. The number of phenolic OH excluding ortho intramolecular Hbond substituents is 1. The molecule has 0 fully saturated rings. The number of hydrogen-bond donors (Lipinski definition) is 3. The molecule has 31 heavy (non-hydrogen) atoms. The molecule has 0 atom stereocenters. The first-order valence-electron chi connectivity index (χ1n) is 10.7. The van der Waals surface area contributed by atoms with E-state index in [9.17, 15) is 9.90 Å². The van der Waals surface area contributed by atoms with E-state index in [1.165, 1.54) is 0 Å². The lowest BCUT2D eigenvalue weighted by molar-refractivity contribution is 0.0952. The molecule has 2 aromatic rings. The third-order valence-electron chi connectivity index (χ3n) is 5.18. The molecule has 0 radical (unpaired) electrons. The molecule has 0 aliphatic rings. The van der Waals surface area contributed by atoms with Gasteiger partial charge in [-0.3, -0.25) is 4.79 Å². The Morgan fingerprint density at radius 3 is 2.03 bits per heavy atom. The number of carbonyl (C=O) groups is 1. The van der Waals surface area contributed by atoms with Crippen LogP contribution in [0, 0.1) is 6.92 Å². The van der Waals surface area contributed by atoms with Crippen molar-refractivity contribution in [1.82, 2.24) is 10.3 Å². The van der Waals surface area contributed by atoms with Gasteiger partial charge in [0.2, 0.25) is 0 Å². The van der Waals surface area contributed by atoms with E-state index >= 15 is 0 Å². The van der Waals surface area contributed by atoms with Crippen LogP contribution in [0.2, 0.25) is 0 Å². The van der Waals surface area contributed by atoms with Crippen molar-refractivity contribution in [2.75, 3.05) is 12.3 Å². The normalized spacial score (nSPS) is 11.7. The number of halogens is 1. The van der Waals surface area contributed by atoms with Gasteiger partial charge in [-0.15, -0.1) is 12.4 Å². The molecule has 2 rings (SSSR count). The summed E-state index contributed by atoms with van der Waals surface area (Å²) in [7, 11) is 0. The third-order valence-corrected chi connectivity index (χ3v) is 5.18. The van der Waals surface area contributed by atoms with Gasteiger partial charge in [-0.1, -0.05) is 41.5 Å². The molecule has 5 nitrogen and oxygen atoms in total. The molecule has 0 bridgehead atoms. The van der Waals surface area contributed by atoms with E-state index in [1.54, 1.807) is 0 Å². The summed E-state index contributed by atoms with van der Waals surface area (Å²) in [5, 5.41) is 13.8. The molecule has 1 aromatic carbocycles. The van der Waals surface area contributed by atoms with Crippen LogP contribution < -0.4 is 11.1 Å². The lowest BCUT2D eigenvalue weighted by atomic mass is 9.78. The van der Waals surface area contributed by atoms with E-state index < -0.39 is 0 Å². The molecule has 0 aliphatic carbocycles. The lowest BCUT2D eigenvalue weighted by Crippen LogP contribution is -2.26. The topological polar surface area (TPSA) is 88.2 Å². The number of rotatable bonds is 6. The Bertz CT molecular complexity index is 857. The van der Waals surface area contributed by atoms with Crippen LogP contribution in [0.4, 0.5) is 5.82 Å². The van der Waals surface area contributed by atoms with Gasteiger partial charge >= 0.3 is 0 Å². The number of amides is 1. The van der Waals surface area contributed by atoms with E-state index in [4.69, 9.17) is 5.73 Å². The number of carbonyl (C=O) groups excluding carboxylic acids is 1. The number of nitrogens with zero attached hydrogens (tertiary/aromatic N) is 1. The largest absolute Gasteiger partial charge is 0.507 e. The summed E-state index contributed by atoms with van der Waals surface area (Å²) in [4.78, 5) is 17.2. The van der Waals surface area contributed by atoms with Crippen molar-refractivity contribution in [1.29, 1.82) is 0 Å². The molecule has 0 spiro atoms. The second-order valence-electron chi connectivity index (χ2n) is 10.2. The number of nitrogen functional groups attached to an aromatic ring is 1. The minimum Gasteiger partial charge on any atom is -0.507 e. The highest BCUT2D eigenvalue weighted by atomic mass is 35.5. The van der Waals surface area contributed by atoms with Crippen LogP contribution in [0.1, 0.15) is 87.1 Å². The zero-order valence-corrected chi connectivity index (χ0v) is 20.7. The Hall–Kier alpha value is -2.27. The predicted molar refractivity (Wildman–Crippen MR) is 131 cm³/mol. The predicted octanol–water partition coefficient (Wildman–Crippen LogP) is 5.45. The molecule has 0 saturated carbocycles. The van der Waals surface area contributed by atoms with Crippen LogP contribution in [-0.4, -0.2) is 22.5 Å². The minimum absolute atomic E-state index is 0. The van der Waals surface area contributed by atoms with Crippen molar-refractivity contribution in [3.63, 3.8) is 0 Å². The summed E-state index contributed by atoms with van der Waals surface area (Å²) < 4.78 is 0. The summed E-state index contributed by atoms with van der Waals surface area (Å²) >= 11 is 0. The number of unbranched alkanes of at least 4 members (excludes halogenated alkanes) is 1. The second kappa shape index (κ2) is 10.4. The SMILES string of the molecule is Cc1cc(N)nc(CCCCNC(=O)c2cc(C(C)(C)C)c(O)c(C(C)(C)C)c2)c1.Cl. The Morgan fingerprint density at radius 2 is 1.55 bits per heavy atom. The van der Waals surface area contributed by atoms with Crippen LogP contribution in [0.25, 0.3) is 0 Å². The van der Waals surface area contributed by atoms with Crippen molar-refractivity contribution in [2.45, 2.75) is 78.6 Å². The van der Waals surface area contributed by atoms with Crippen LogP contribution in [0.3, 0.4) is 0 Å². The van der Waals surface area contributed by atoms with Gasteiger partial charge in [-0.25, -0.2) is 4.98 Å². The summed E-state index contributed by atoms with van der Waals surface area (Å²) in [5.41, 5.74) is 9.57. The van der Waals surface area contributed by atoms with E-state index in [0.29, 0.717) is 17.9 Å². The average Bonchev–Trinajstić information content (AvgIpc) is 2.58. The van der Waals surface area contributed by atoms with Gasteiger partial charge < -0.3 is 16.2 Å². The van der Waals surface area contributed by atoms with Crippen LogP contribution in [-0.2, 0) is 17.3 Å². The molecule has 0 saturated heterocycles. The molecule has 0 unspecified atom stereocenters. The van der Waals surface area contributed by atoms with Crippen LogP contribution in [0.15, 0.2) is 24.3 Å². The zero-order valence-electron chi connectivity index (χ0n) is 19.9. The maximum atomic E-state index is 12.8. The van der Waals surface area contributed by atoms with E-state index in [2.05, 4.69) is 10.3 Å². The maximum Gasteiger partial charge on any atom is 0.251 e. The Morgan fingerprint density at radius 1 is 1.00 bits per heavy atom. The Balaban J connectivity index is 0.00000480. The van der Waals surface area contributed by atoms with Gasteiger partial charge in [0.25, 0.3) is 5.91 Å². The van der Waals surface area contributed by atoms with Gasteiger partial charge in [0.05, 0.1) is 0 Å². The molecular weight excluding hydrogens is 410 g/mol. The number of phenols is 1. The van der Waals surface area contributed by atoms with E-state index in [0.717, 1.165) is 41.6 Å². The van der Waals surface area contributed by atoms with Crippen molar-refractivity contribution in [3.05, 3.63) is 52.2 Å². The Labute approximate surface area is 193 Å². The number of nitrogens with two attached hydrogens (primary N) is 1. The van der Waals surface area contributed by atoms with Gasteiger partial charge in [-0.2, -0.15) is 0 Å². The van der Waals surface area contributed by atoms with Gasteiger partial charge in [0.15, 0.2) is 0 Å².